The van der Waals surface area contributed by atoms with Crippen molar-refractivity contribution in [2.45, 2.75) is 45.4 Å². The van der Waals surface area contributed by atoms with E-state index in [9.17, 15) is 0 Å². The minimum Gasteiger partial charge on any atom is -0.357 e. The van der Waals surface area contributed by atoms with Crippen molar-refractivity contribution in [3.8, 4) is 0 Å². The molecule has 1 saturated carbocycles. The van der Waals surface area contributed by atoms with Gasteiger partial charge in [0.05, 0.1) is 6.20 Å². The fourth-order valence-corrected chi connectivity index (χ4v) is 3.70. The summed E-state index contributed by atoms with van der Waals surface area (Å²) in [6.07, 6.45) is 11.8. The van der Waals surface area contributed by atoms with Crippen LogP contribution in [0, 0.1) is 5.41 Å². The average Bonchev–Trinajstić information content (AvgIpc) is 3.08. The zero-order chi connectivity index (χ0) is 15.4. The summed E-state index contributed by atoms with van der Waals surface area (Å²) in [5, 5.41) is 7.69. The summed E-state index contributed by atoms with van der Waals surface area (Å²) < 4.78 is 1.87. The normalized spacial score (nSPS) is 20.5. The molecule has 1 aliphatic carbocycles. The molecule has 1 aromatic rings. The maximum absolute atomic E-state index is 4.85. The highest BCUT2D eigenvalue weighted by molar-refractivity contribution is 5.80. The highest BCUT2D eigenvalue weighted by atomic mass is 15.3. The predicted octanol–water partition coefficient (Wildman–Crippen LogP) is 2.19. The standard InChI is InChI=1S/C17H29N5/c1-3-18-16(22-11-9-17(14-22)7-5-8-17)19-10-4-6-15-12-20-21(2)13-15/h12-13H,3-11,14H2,1-2H3,(H,18,19). The lowest BCUT2D eigenvalue weighted by molar-refractivity contribution is 0.151. The van der Waals surface area contributed by atoms with Crippen molar-refractivity contribution in [3.05, 3.63) is 18.0 Å². The third-order valence-electron chi connectivity index (χ3n) is 5.13. The number of guanidine groups is 1. The number of aromatic nitrogens is 2. The molecule has 22 heavy (non-hydrogen) atoms. The van der Waals surface area contributed by atoms with Crippen molar-refractivity contribution in [1.82, 2.24) is 20.0 Å². The Hall–Kier alpha value is -1.52. The second-order valence-electron chi connectivity index (χ2n) is 6.89. The van der Waals surface area contributed by atoms with Crippen LogP contribution in [0.2, 0.25) is 0 Å². The van der Waals surface area contributed by atoms with Crippen molar-refractivity contribution >= 4 is 5.96 Å². The molecule has 2 heterocycles. The molecular formula is C17H29N5. The molecule has 2 fully saturated rings. The molecule has 0 amide bonds. The van der Waals surface area contributed by atoms with E-state index in [0.717, 1.165) is 31.9 Å². The number of aliphatic imine (C=N–C) groups is 1. The van der Waals surface area contributed by atoms with Crippen LogP contribution in [0.15, 0.2) is 17.4 Å². The van der Waals surface area contributed by atoms with Crippen LogP contribution in [-0.4, -0.2) is 46.8 Å². The summed E-state index contributed by atoms with van der Waals surface area (Å²) in [6.45, 7) is 6.38. The van der Waals surface area contributed by atoms with E-state index >= 15 is 0 Å². The number of likely N-dealkylation sites (tertiary alicyclic amines) is 1. The van der Waals surface area contributed by atoms with Crippen molar-refractivity contribution < 1.29 is 0 Å². The maximum Gasteiger partial charge on any atom is 0.193 e. The van der Waals surface area contributed by atoms with Gasteiger partial charge in [0.2, 0.25) is 0 Å². The van der Waals surface area contributed by atoms with Gasteiger partial charge in [0, 0.05) is 39.4 Å². The Balaban J connectivity index is 1.49. The lowest BCUT2D eigenvalue weighted by Gasteiger charge is -2.38. The van der Waals surface area contributed by atoms with Crippen LogP contribution in [0.4, 0.5) is 0 Å². The van der Waals surface area contributed by atoms with E-state index in [-0.39, 0.29) is 0 Å². The van der Waals surface area contributed by atoms with Crippen molar-refractivity contribution in [2.24, 2.45) is 17.5 Å². The first-order chi connectivity index (χ1) is 10.7. The topological polar surface area (TPSA) is 45.5 Å². The van der Waals surface area contributed by atoms with E-state index in [2.05, 4.69) is 28.4 Å². The molecule has 0 bridgehead atoms. The quantitative estimate of drug-likeness (QED) is 0.515. The van der Waals surface area contributed by atoms with Gasteiger partial charge in [0.1, 0.15) is 0 Å². The Morgan fingerprint density at radius 1 is 1.41 bits per heavy atom. The predicted molar refractivity (Wildman–Crippen MR) is 90.0 cm³/mol. The van der Waals surface area contributed by atoms with Gasteiger partial charge >= 0.3 is 0 Å². The van der Waals surface area contributed by atoms with Crippen LogP contribution in [-0.2, 0) is 13.5 Å². The fraction of sp³-hybridized carbons (Fsp3) is 0.765. The van der Waals surface area contributed by atoms with Gasteiger partial charge in [-0.1, -0.05) is 6.42 Å². The number of hydrogen-bond donors (Lipinski definition) is 1. The Morgan fingerprint density at radius 3 is 2.86 bits per heavy atom. The maximum atomic E-state index is 4.85. The van der Waals surface area contributed by atoms with Gasteiger partial charge in [-0.25, -0.2) is 0 Å². The third-order valence-corrected chi connectivity index (χ3v) is 5.13. The number of hydrogen-bond acceptors (Lipinski definition) is 2. The van der Waals surface area contributed by atoms with Gasteiger partial charge < -0.3 is 10.2 Å². The first-order valence-corrected chi connectivity index (χ1v) is 8.72. The number of rotatable bonds is 5. The van der Waals surface area contributed by atoms with Crippen molar-refractivity contribution in [1.29, 1.82) is 0 Å². The molecular weight excluding hydrogens is 274 g/mol. The summed E-state index contributed by atoms with van der Waals surface area (Å²) in [5.41, 5.74) is 1.93. The molecule has 122 valence electrons. The molecule has 0 unspecified atom stereocenters. The lowest BCUT2D eigenvalue weighted by atomic mass is 9.68. The highest BCUT2D eigenvalue weighted by Gasteiger charge is 2.43. The van der Waals surface area contributed by atoms with E-state index in [1.165, 1.54) is 44.3 Å². The first-order valence-electron chi connectivity index (χ1n) is 8.72. The molecule has 1 N–H and O–H groups in total. The fourth-order valence-electron chi connectivity index (χ4n) is 3.70. The Bertz CT molecular complexity index is 515. The summed E-state index contributed by atoms with van der Waals surface area (Å²) in [5.74, 6) is 1.12. The Labute approximate surface area is 133 Å². The van der Waals surface area contributed by atoms with E-state index in [4.69, 9.17) is 4.99 Å². The largest absolute Gasteiger partial charge is 0.357 e. The molecule has 1 saturated heterocycles. The average molecular weight is 303 g/mol. The van der Waals surface area contributed by atoms with Gasteiger partial charge in [-0.2, -0.15) is 5.10 Å². The minimum atomic E-state index is 0.631. The molecule has 1 spiro atoms. The van der Waals surface area contributed by atoms with Gasteiger partial charge in [0.25, 0.3) is 0 Å². The summed E-state index contributed by atoms with van der Waals surface area (Å²) in [4.78, 5) is 7.32. The molecule has 2 aliphatic rings. The summed E-state index contributed by atoms with van der Waals surface area (Å²) >= 11 is 0. The molecule has 0 radical (unpaired) electrons. The van der Waals surface area contributed by atoms with Crippen LogP contribution in [0.5, 0.6) is 0 Å². The van der Waals surface area contributed by atoms with Crippen LogP contribution < -0.4 is 5.32 Å². The first kappa shape index (κ1) is 15.4. The monoisotopic (exact) mass is 303 g/mol. The van der Waals surface area contributed by atoms with E-state index in [1.54, 1.807) is 0 Å². The van der Waals surface area contributed by atoms with Gasteiger partial charge in [-0.15, -0.1) is 0 Å². The number of nitrogens with zero attached hydrogens (tertiary/aromatic N) is 4. The molecule has 0 atom stereocenters. The van der Waals surface area contributed by atoms with Crippen molar-refractivity contribution in [2.75, 3.05) is 26.2 Å². The minimum absolute atomic E-state index is 0.631. The van der Waals surface area contributed by atoms with Crippen LogP contribution in [0.25, 0.3) is 0 Å². The van der Waals surface area contributed by atoms with Crippen molar-refractivity contribution in [3.63, 3.8) is 0 Å². The third kappa shape index (κ3) is 3.45. The van der Waals surface area contributed by atoms with Crippen LogP contribution in [0.3, 0.4) is 0 Å². The SMILES string of the molecule is CCNC(=NCCCc1cnn(C)c1)N1CCC2(CCC2)C1. The second-order valence-corrected chi connectivity index (χ2v) is 6.89. The van der Waals surface area contributed by atoms with Crippen LogP contribution in [0.1, 0.15) is 44.6 Å². The molecule has 0 aromatic carbocycles. The van der Waals surface area contributed by atoms with E-state index in [0.29, 0.717) is 5.41 Å². The molecule has 5 heteroatoms. The highest BCUT2D eigenvalue weighted by Crippen LogP contribution is 2.47. The molecule has 1 aromatic heterocycles. The van der Waals surface area contributed by atoms with Gasteiger partial charge in [0.15, 0.2) is 5.96 Å². The van der Waals surface area contributed by atoms with Gasteiger partial charge in [-0.05, 0) is 50.0 Å². The molecule has 5 nitrogen and oxygen atoms in total. The second kappa shape index (κ2) is 6.71. The zero-order valence-electron chi connectivity index (χ0n) is 14.0. The summed E-state index contributed by atoms with van der Waals surface area (Å²) in [7, 11) is 1.97. The molecule has 1 aliphatic heterocycles. The Morgan fingerprint density at radius 2 is 2.27 bits per heavy atom. The van der Waals surface area contributed by atoms with E-state index in [1.807, 2.05) is 17.9 Å². The smallest absolute Gasteiger partial charge is 0.193 e. The van der Waals surface area contributed by atoms with Gasteiger partial charge in [-0.3, -0.25) is 9.67 Å². The summed E-state index contributed by atoms with van der Waals surface area (Å²) in [6, 6.07) is 0. The number of aryl methyl sites for hydroxylation is 2. The number of nitrogens with one attached hydrogen (secondary N) is 1. The zero-order valence-corrected chi connectivity index (χ0v) is 14.0. The van der Waals surface area contributed by atoms with E-state index < -0.39 is 0 Å². The van der Waals surface area contributed by atoms with Crippen LogP contribution >= 0.6 is 0 Å². The lowest BCUT2D eigenvalue weighted by Crippen LogP contribution is -2.42. The molecule has 3 rings (SSSR count). The Kier molecular flexibility index (Phi) is 4.69.